The third kappa shape index (κ3) is 8.58. The summed E-state index contributed by atoms with van der Waals surface area (Å²) in [5.41, 5.74) is 6.62. The van der Waals surface area contributed by atoms with Crippen LogP contribution in [0.1, 0.15) is 72.1 Å². The Labute approximate surface area is 198 Å². The zero-order chi connectivity index (χ0) is 23.9. The summed E-state index contributed by atoms with van der Waals surface area (Å²) in [6.07, 6.45) is 9.13. The highest BCUT2D eigenvalue weighted by Crippen LogP contribution is 2.54. The Kier molecular flexibility index (Phi) is 10.3. The molecule has 8 heteroatoms. The molecule has 4 aliphatic carbocycles. The van der Waals surface area contributed by atoms with E-state index in [1.165, 1.54) is 43.4 Å². The average molecular weight is 471 g/mol. The number of thiol groups is 1. The molecule has 4 saturated carbocycles. The molecule has 4 rings (SSSR count). The molecule has 0 aromatic heterocycles. The number of nitrogens with two attached hydrogens (primary N) is 1. The van der Waals surface area contributed by atoms with Crippen molar-refractivity contribution >= 4 is 30.5 Å². The largest absolute Gasteiger partial charge is 0.480 e. The highest BCUT2D eigenvalue weighted by atomic mass is 32.1. The highest BCUT2D eigenvalue weighted by molar-refractivity contribution is 7.80. The molecule has 4 fully saturated rings. The number of ether oxygens (including phenoxy) is 1. The summed E-state index contributed by atoms with van der Waals surface area (Å²) in [5.74, 6) is 1.68. The van der Waals surface area contributed by atoms with Crippen molar-refractivity contribution in [2.24, 2.45) is 35.3 Å². The van der Waals surface area contributed by atoms with Crippen molar-refractivity contribution in [1.82, 2.24) is 4.90 Å². The van der Waals surface area contributed by atoms with E-state index >= 15 is 0 Å². The molecule has 3 N–H and O–H groups in total. The Morgan fingerprint density at radius 3 is 2.03 bits per heavy atom. The van der Waals surface area contributed by atoms with Crippen molar-refractivity contribution in [3.05, 3.63) is 0 Å². The zero-order valence-electron chi connectivity index (χ0n) is 19.9. The number of esters is 1. The lowest BCUT2D eigenvalue weighted by Gasteiger charge is -2.55. The summed E-state index contributed by atoms with van der Waals surface area (Å²) in [4.78, 5) is 35.5. The Bertz CT molecular complexity index is 619. The van der Waals surface area contributed by atoms with Gasteiger partial charge in [0.05, 0.1) is 6.61 Å². The molecule has 4 aliphatic rings. The number of nitrogens with zero attached hydrogens (tertiary/aromatic N) is 1. The van der Waals surface area contributed by atoms with Crippen LogP contribution in [0.3, 0.4) is 0 Å². The van der Waals surface area contributed by atoms with Crippen LogP contribution in [0.4, 0.5) is 0 Å². The molecular weight excluding hydrogens is 428 g/mol. The zero-order valence-corrected chi connectivity index (χ0v) is 20.8. The lowest BCUT2D eigenvalue weighted by Crippen LogP contribution is -2.55. The van der Waals surface area contributed by atoms with Gasteiger partial charge < -0.3 is 20.5 Å². The molecule has 0 aliphatic heterocycles. The Morgan fingerprint density at radius 1 is 1.09 bits per heavy atom. The lowest BCUT2D eigenvalue weighted by molar-refractivity contribution is -0.147. The fourth-order valence-corrected chi connectivity index (χ4v) is 5.90. The van der Waals surface area contributed by atoms with Gasteiger partial charge in [0.2, 0.25) is 5.91 Å². The van der Waals surface area contributed by atoms with E-state index < -0.39 is 5.97 Å². The molecule has 1 atom stereocenters. The maximum Gasteiger partial charge on any atom is 0.323 e. The minimum atomic E-state index is -1.07. The number of carboxylic acid groups (broad SMARTS) is 1. The van der Waals surface area contributed by atoms with Crippen molar-refractivity contribution in [2.75, 3.05) is 25.4 Å². The third-order valence-corrected chi connectivity index (χ3v) is 7.35. The van der Waals surface area contributed by atoms with Gasteiger partial charge in [-0.15, -0.1) is 0 Å². The van der Waals surface area contributed by atoms with Crippen LogP contribution in [-0.4, -0.2) is 58.8 Å². The molecule has 32 heavy (non-hydrogen) atoms. The second-order valence-corrected chi connectivity index (χ2v) is 11.1. The molecule has 0 spiro atoms. The van der Waals surface area contributed by atoms with Crippen LogP contribution < -0.4 is 5.73 Å². The van der Waals surface area contributed by atoms with Crippen LogP contribution >= 0.6 is 12.6 Å². The van der Waals surface area contributed by atoms with Gasteiger partial charge in [-0.2, -0.15) is 12.6 Å². The number of amides is 1. The number of hydrogen-bond donors (Lipinski definition) is 3. The lowest BCUT2D eigenvalue weighted by atomic mass is 9.53. The molecule has 1 amide bonds. The normalized spacial score (nSPS) is 28.6. The average Bonchev–Trinajstić information content (AvgIpc) is 2.68. The molecule has 0 heterocycles. The van der Waals surface area contributed by atoms with E-state index in [0.717, 1.165) is 17.8 Å². The van der Waals surface area contributed by atoms with Crippen LogP contribution in [0, 0.1) is 29.6 Å². The minimum absolute atomic E-state index is 0.172. The van der Waals surface area contributed by atoms with Gasteiger partial charge in [-0.1, -0.05) is 20.8 Å². The van der Waals surface area contributed by atoms with Crippen LogP contribution in [0.25, 0.3) is 0 Å². The van der Waals surface area contributed by atoms with Crippen LogP contribution in [0.15, 0.2) is 0 Å². The summed E-state index contributed by atoms with van der Waals surface area (Å²) in [5, 5.41) is 8.84. The van der Waals surface area contributed by atoms with E-state index in [4.69, 9.17) is 15.6 Å². The number of carbonyl (C=O) groups is 3. The standard InChI is InChI=1S/C14H25NO5S.C10H17N/c1-10(2)8-20-13(18)5-4-6-15(7-12(16)17)14(19)11(3)9-21;11-10-4-7-1-8(5-10)3-9(2-7)6-10/h10-11,21H,4-9H2,1-3H3,(H,16,17);7-9H,1-6,11H2/t11-;/m1./s1. The van der Waals surface area contributed by atoms with Gasteiger partial charge in [0.25, 0.3) is 0 Å². The fraction of sp³-hybridized carbons (Fsp3) is 0.875. The first-order valence-corrected chi connectivity index (χ1v) is 12.7. The first-order valence-electron chi connectivity index (χ1n) is 12.1. The van der Waals surface area contributed by atoms with E-state index in [1.54, 1.807) is 6.92 Å². The summed E-state index contributed by atoms with van der Waals surface area (Å²) in [6, 6.07) is 0. The fourth-order valence-electron chi connectivity index (χ4n) is 5.74. The molecule has 0 unspecified atom stereocenters. The summed E-state index contributed by atoms with van der Waals surface area (Å²) in [6.45, 7) is 5.81. The molecule has 184 valence electrons. The second kappa shape index (κ2) is 12.3. The first kappa shape index (κ1) is 27.0. The summed E-state index contributed by atoms with van der Waals surface area (Å²) >= 11 is 4.04. The van der Waals surface area contributed by atoms with Gasteiger partial charge in [0, 0.05) is 30.2 Å². The van der Waals surface area contributed by atoms with Gasteiger partial charge in [0.15, 0.2) is 0 Å². The Morgan fingerprint density at radius 2 is 1.62 bits per heavy atom. The molecular formula is C24H42N2O5S. The smallest absolute Gasteiger partial charge is 0.323 e. The Hall–Kier alpha value is -1.28. The van der Waals surface area contributed by atoms with Crippen molar-refractivity contribution in [1.29, 1.82) is 0 Å². The van der Waals surface area contributed by atoms with E-state index in [9.17, 15) is 14.4 Å². The van der Waals surface area contributed by atoms with Crippen molar-refractivity contribution in [2.45, 2.75) is 77.7 Å². The van der Waals surface area contributed by atoms with E-state index in [0.29, 0.717) is 24.3 Å². The number of hydrogen-bond acceptors (Lipinski definition) is 6. The van der Waals surface area contributed by atoms with Gasteiger partial charge in [-0.25, -0.2) is 0 Å². The molecule has 0 saturated heterocycles. The Balaban J connectivity index is 0.000000268. The van der Waals surface area contributed by atoms with Gasteiger partial charge in [0.1, 0.15) is 6.54 Å². The maximum atomic E-state index is 12.0. The number of carboxylic acids is 1. The van der Waals surface area contributed by atoms with Crippen LogP contribution in [0.2, 0.25) is 0 Å². The van der Waals surface area contributed by atoms with Crippen LogP contribution in [-0.2, 0) is 19.1 Å². The summed E-state index contributed by atoms with van der Waals surface area (Å²) in [7, 11) is 0. The quantitative estimate of drug-likeness (QED) is 0.334. The van der Waals surface area contributed by atoms with Gasteiger partial charge in [-0.3, -0.25) is 14.4 Å². The van der Waals surface area contributed by atoms with E-state index in [1.807, 2.05) is 13.8 Å². The predicted octanol–water partition coefficient (Wildman–Crippen LogP) is 3.36. The van der Waals surface area contributed by atoms with Crippen LogP contribution in [0.5, 0.6) is 0 Å². The number of carbonyl (C=O) groups excluding carboxylic acids is 2. The summed E-state index contributed by atoms with van der Waals surface area (Å²) < 4.78 is 5.02. The van der Waals surface area contributed by atoms with Crippen molar-refractivity contribution in [3.8, 4) is 0 Å². The maximum absolute atomic E-state index is 12.0. The molecule has 7 nitrogen and oxygen atoms in total. The predicted molar refractivity (Wildman–Crippen MR) is 127 cm³/mol. The molecule has 0 radical (unpaired) electrons. The molecule has 0 aromatic rings. The van der Waals surface area contributed by atoms with Gasteiger partial charge in [-0.05, 0) is 68.6 Å². The van der Waals surface area contributed by atoms with Crippen molar-refractivity contribution in [3.63, 3.8) is 0 Å². The van der Waals surface area contributed by atoms with E-state index in [2.05, 4.69) is 12.6 Å². The first-order chi connectivity index (χ1) is 15.0. The molecule has 0 aromatic carbocycles. The topological polar surface area (TPSA) is 110 Å². The third-order valence-electron chi connectivity index (χ3n) is 6.81. The number of rotatable bonds is 10. The molecule has 4 bridgehead atoms. The van der Waals surface area contributed by atoms with Crippen molar-refractivity contribution < 1.29 is 24.2 Å². The van der Waals surface area contributed by atoms with Gasteiger partial charge >= 0.3 is 11.9 Å². The highest BCUT2D eigenvalue weighted by Gasteiger charge is 2.48. The monoisotopic (exact) mass is 470 g/mol. The number of aliphatic carboxylic acids is 1. The van der Waals surface area contributed by atoms with E-state index in [-0.39, 0.29) is 43.2 Å². The SMILES string of the molecule is CC(C)COC(=O)CCCN(CC(=O)O)C(=O)[C@H](C)CS.NC12CC3CC(CC(C3)C1)C2. The minimum Gasteiger partial charge on any atom is -0.480 e. The second-order valence-electron chi connectivity index (χ2n) is 10.7.